The molecule has 0 spiro atoms. The molecular formula is C21H23N3O3. The van der Waals surface area contributed by atoms with Crippen LogP contribution in [0, 0.1) is 0 Å². The molecule has 0 saturated heterocycles. The number of hydrogen-bond donors (Lipinski definition) is 2. The highest BCUT2D eigenvalue weighted by molar-refractivity contribution is 6.01. The largest absolute Gasteiger partial charge is 0.366 e. The van der Waals surface area contributed by atoms with Gasteiger partial charge in [-0.15, -0.1) is 0 Å². The van der Waals surface area contributed by atoms with Gasteiger partial charge in [-0.05, 0) is 29.7 Å². The molecule has 6 heteroatoms. The smallest absolute Gasteiger partial charge is 0.248 e. The molecule has 1 unspecified atom stereocenters. The molecule has 3 N–H and O–H groups in total. The van der Waals surface area contributed by atoms with Crippen molar-refractivity contribution in [2.24, 2.45) is 5.73 Å². The third-order valence-electron chi connectivity index (χ3n) is 4.73. The van der Waals surface area contributed by atoms with Gasteiger partial charge < -0.3 is 16.0 Å². The van der Waals surface area contributed by atoms with Gasteiger partial charge in [-0.1, -0.05) is 43.3 Å². The van der Waals surface area contributed by atoms with Crippen molar-refractivity contribution in [3.05, 3.63) is 65.2 Å². The Balaban J connectivity index is 1.97. The number of nitrogens with two attached hydrogens (primary N) is 1. The van der Waals surface area contributed by atoms with Crippen molar-refractivity contribution in [1.29, 1.82) is 0 Å². The molecule has 2 aromatic carbocycles. The lowest BCUT2D eigenvalue weighted by Crippen LogP contribution is -2.46. The number of primary amides is 1. The maximum atomic E-state index is 13.0. The summed E-state index contributed by atoms with van der Waals surface area (Å²) < 4.78 is 0. The molecule has 140 valence electrons. The Labute approximate surface area is 158 Å². The minimum absolute atomic E-state index is 0.0552. The Bertz CT molecular complexity index is 864. The van der Waals surface area contributed by atoms with Gasteiger partial charge in [-0.2, -0.15) is 0 Å². The zero-order valence-electron chi connectivity index (χ0n) is 15.3. The number of fused-ring (bicyclic) bond motifs is 1. The highest BCUT2D eigenvalue weighted by Gasteiger charge is 2.33. The minimum atomic E-state index is -0.615. The van der Waals surface area contributed by atoms with Crippen molar-refractivity contribution in [1.82, 2.24) is 4.90 Å². The fourth-order valence-corrected chi connectivity index (χ4v) is 3.29. The summed E-state index contributed by atoms with van der Waals surface area (Å²) in [6.45, 7) is 2.25. The fraction of sp³-hybridized carbons (Fsp3) is 0.286. The van der Waals surface area contributed by atoms with Crippen LogP contribution in [0.5, 0.6) is 0 Å². The summed E-state index contributed by atoms with van der Waals surface area (Å²) >= 11 is 0. The van der Waals surface area contributed by atoms with Crippen molar-refractivity contribution < 1.29 is 14.4 Å². The molecule has 0 saturated carbocycles. The van der Waals surface area contributed by atoms with E-state index < -0.39 is 11.9 Å². The molecule has 27 heavy (non-hydrogen) atoms. The van der Waals surface area contributed by atoms with Crippen LogP contribution in [-0.4, -0.2) is 28.7 Å². The van der Waals surface area contributed by atoms with Crippen LogP contribution in [0.3, 0.4) is 0 Å². The van der Waals surface area contributed by atoms with Gasteiger partial charge in [0.2, 0.25) is 17.7 Å². The Morgan fingerprint density at radius 3 is 2.59 bits per heavy atom. The van der Waals surface area contributed by atoms with E-state index in [1.807, 2.05) is 37.3 Å². The van der Waals surface area contributed by atoms with Crippen LogP contribution in [0.25, 0.3) is 0 Å². The molecule has 0 radical (unpaired) electrons. The maximum absolute atomic E-state index is 13.0. The molecule has 6 nitrogen and oxygen atoms in total. The molecule has 0 aliphatic carbocycles. The fourth-order valence-electron chi connectivity index (χ4n) is 3.29. The molecule has 1 aliphatic rings. The van der Waals surface area contributed by atoms with E-state index in [9.17, 15) is 14.4 Å². The van der Waals surface area contributed by atoms with E-state index in [1.165, 1.54) is 0 Å². The number of benzene rings is 2. The second kappa shape index (κ2) is 8.03. The number of amides is 3. The second-order valence-corrected chi connectivity index (χ2v) is 6.70. The predicted molar refractivity (Wildman–Crippen MR) is 103 cm³/mol. The maximum Gasteiger partial charge on any atom is 0.248 e. The number of carbonyl (C=O) groups excluding carboxylic acids is 3. The summed E-state index contributed by atoms with van der Waals surface area (Å²) in [6.07, 6.45) is 1.52. The zero-order valence-corrected chi connectivity index (χ0v) is 15.3. The number of anilines is 1. The van der Waals surface area contributed by atoms with Gasteiger partial charge in [0, 0.05) is 30.6 Å². The summed E-state index contributed by atoms with van der Waals surface area (Å²) in [5, 5.41) is 2.87. The molecule has 3 rings (SSSR count). The first kappa shape index (κ1) is 18.6. The minimum Gasteiger partial charge on any atom is -0.366 e. The average molecular weight is 365 g/mol. The molecule has 0 bridgehead atoms. The van der Waals surface area contributed by atoms with E-state index in [0.717, 1.165) is 11.1 Å². The molecular weight excluding hydrogens is 342 g/mol. The third kappa shape index (κ3) is 4.16. The number of nitrogens with zero attached hydrogens (tertiary/aromatic N) is 1. The summed E-state index contributed by atoms with van der Waals surface area (Å²) in [6, 6.07) is 13.9. The zero-order chi connectivity index (χ0) is 19.4. The third-order valence-corrected chi connectivity index (χ3v) is 4.73. The summed E-state index contributed by atoms with van der Waals surface area (Å²) in [4.78, 5) is 38.8. The number of rotatable bonds is 5. The highest BCUT2D eigenvalue weighted by Crippen LogP contribution is 2.26. The van der Waals surface area contributed by atoms with Gasteiger partial charge in [0.15, 0.2) is 0 Å². The van der Waals surface area contributed by atoms with E-state index in [0.29, 0.717) is 37.1 Å². The molecule has 0 aromatic heterocycles. The van der Waals surface area contributed by atoms with Gasteiger partial charge in [-0.25, -0.2) is 0 Å². The van der Waals surface area contributed by atoms with Crippen molar-refractivity contribution in [3.8, 4) is 0 Å². The molecule has 0 fully saturated rings. The summed E-state index contributed by atoms with van der Waals surface area (Å²) in [7, 11) is 0. The predicted octanol–water partition coefficient (Wildman–Crippen LogP) is 2.48. The molecule has 1 heterocycles. The summed E-state index contributed by atoms with van der Waals surface area (Å²) in [5.74, 6) is -0.875. The van der Waals surface area contributed by atoms with Crippen molar-refractivity contribution in [3.63, 3.8) is 0 Å². The van der Waals surface area contributed by atoms with Crippen LogP contribution in [-0.2, 0) is 22.6 Å². The Hall–Kier alpha value is -3.15. The van der Waals surface area contributed by atoms with Gasteiger partial charge in [0.1, 0.15) is 6.04 Å². The lowest BCUT2D eigenvalue weighted by molar-refractivity contribution is -0.139. The molecule has 1 atom stereocenters. The molecule has 3 amide bonds. The number of hydrogen-bond acceptors (Lipinski definition) is 3. The van der Waals surface area contributed by atoms with E-state index in [-0.39, 0.29) is 11.8 Å². The van der Waals surface area contributed by atoms with Gasteiger partial charge in [0.05, 0.1) is 0 Å². The number of carbonyl (C=O) groups is 3. The normalized spacial score (nSPS) is 16.3. The lowest BCUT2D eigenvalue weighted by Gasteiger charge is -2.29. The number of nitrogens with one attached hydrogen (secondary N) is 1. The van der Waals surface area contributed by atoms with E-state index in [1.54, 1.807) is 23.1 Å². The van der Waals surface area contributed by atoms with Gasteiger partial charge >= 0.3 is 0 Å². The Kier molecular flexibility index (Phi) is 5.54. The quantitative estimate of drug-likeness (QED) is 0.852. The molecule has 1 aliphatic heterocycles. The van der Waals surface area contributed by atoms with Gasteiger partial charge in [-0.3, -0.25) is 14.4 Å². The molecule has 2 aromatic rings. The summed E-state index contributed by atoms with van der Waals surface area (Å²) in [5.41, 5.74) is 7.97. The van der Waals surface area contributed by atoms with Crippen LogP contribution in [0.2, 0.25) is 0 Å². The van der Waals surface area contributed by atoms with Crippen LogP contribution in [0.4, 0.5) is 5.69 Å². The average Bonchev–Trinajstić information content (AvgIpc) is 2.79. The highest BCUT2D eigenvalue weighted by atomic mass is 16.2. The van der Waals surface area contributed by atoms with Crippen molar-refractivity contribution in [2.45, 2.75) is 38.8 Å². The Morgan fingerprint density at radius 2 is 1.93 bits per heavy atom. The van der Waals surface area contributed by atoms with Gasteiger partial charge in [0.25, 0.3) is 0 Å². The van der Waals surface area contributed by atoms with Crippen molar-refractivity contribution in [2.75, 3.05) is 5.32 Å². The van der Waals surface area contributed by atoms with Crippen LogP contribution >= 0.6 is 0 Å². The van der Waals surface area contributed by atoms with E-state index in [4.69, 9.17) is 5.73 Å². The van der Waals surface area contributed by atoms with Crippen LogP contribution in [0.1, 0.15) is 41.3 Å². The van der Waals surface area contributed by atoms with E-state index in [2.05, 4.69) is 5.32 Å². The SMILES string of the molecule is CCCC(=O)N1Cc2ccc(C(N)=O)cc2NC(=O)C1Cc1ccccc1. The van der Waals surface area contributed by atoms with E-state index >= 15 is 0 Å². The second-order valence-electron chi connectivity index (χ2n) is 6.70. The standard InChI is InChI=1S/C21H23N3O3/c1-2-6-19(25)24-13-16-10-9-15(20(22)26)12-17(16)23-21(27)18(24)11-14-7-4-3-5-8-14/h3-5,7-10,12,18H,2,6,11,13H2,1H3,(H2,22,26)(H,23,27). The first-order valence-electron chi connectivity index (χ1n) is 9.06. The Morgan fingerprint density at radius 1 is 1.19 bits per heavy atom. The lowest BCUT2D eigenvalue weighted by atomic mass is 10.0. The van der Waals surface area contributed by atoms with Crippen molar-refractivity contribution >= 4 is 23.4 Å². The van der Waals surface area contributed by atoms with Crippen LogP contribution in [0.15, 0.2) is 48.5 Å². The topological polar surface area (TPSA) is 92.5 Å². The first-order valence-corrected chi connectivity index (χ1v) is 9.06. The first-order chi connectivity index (χ1) is 13.0. The van der Waals surface area contributed by atoms with Crippen LogP contribution < -0.4 is 11.1 Å². The monoisotopic (exact) mass is 365 g/mol.